The SMILES string of the molecule is Cc1ccc(-n2cccc2/C=C2/SC(=O)N(CC(=O)OC(C)C)C2=O)cc1Cl. The van der Waals surface area contributed by atoms with Gasteiger partial charge in [0, 0.05) is 22.6 Å². The van der Waals surface area contributed by atoms with E-state index in [0.29, 0.717) is 5.02 Å². The standard InChI is InChI=1S/C20H19ClN2O4S/c1-12(2)27-18(24)11-23-19(25)17(28-20(23)26)10-14-5-4-8-22(14)15-7-6-13(3)16(21)9-15/h4-10,12H,11H2,1-3H3/b17-10+. The van der Waals surface area contributed by atoms with Crippen molar-refractivity contribution in [1.29, 1.82) is 0 Å². The van der Waals surface area contributed by atoms with Gasteiger partial charge in [-0.2, -0.15) is 0 Å². The van der Waals surface area contributed by atoms with Crippen LogP contribution in [0.25, 0.3) is 11.8 Å². The van der Waals surface area contributed by atoms with Crippen molar-refractivity contribution in [3.05, 3.63) is 57.7 Å². The molecule has 1 saturated heterocycles. The predicted octanol–water partition coefficient (Wildman–Crippen LogP) is 4.43. The lowest BCUT2D eigenvalue weighted by Gasteiger charge is -2.13. The van der Waals surface area contributed by atoms with E-state index in [9.17, 15) is 14.4 Å². The summed E-state index contributed by atoms with van der Waals surface area (Å²) in [6.45, 7) is 4.94. The van der Waals surface area contributed by atoms with Crippen LogP contribution in [0.5, 0.6) is 0 Å². The Bertz CT molecular complexity index is 980. The molecule has 0 N–H and O–H groups in total. The zero-order valence-corrected chi connectivity index (χ0v) is 17.2. The molecule has 1 aliphatic heterocycles. The minimum absolute atomic E-state index is 0.250. The molecule has 1 fully saturated rings. The second kappa shape index (κ2) is 8.24. The number of thioether (sulfide) groups is 1. The first-order chi connectivity index (χ1) is 13.3. The Hall–Kier alpha value is -2.51. The number of benzene rings is 1. The van der Waals surface area contributed by atoms with Gasteiger partial charge in [-0.15, -0.1) is 0 Å². The first-order valence-electron chi connectivity index (χ1n) is 8.65. The van der Waals surface area contributed by atoms with Gasteiger partial charge in [0.1, 0.15) is 6.54 Å². The highest BCUT2D eigenvalue weighted by Gasteiger charge is 2.37. The van der Waals surface area contributed by atoms with E-state index in [0.717, 1.165) is 33.6 Å². The monoisotopic (exact) mass is 418 g/mol. The van der Waals surface area contributed by atoms with E-state index in [1.54, 1.807) is 19.9 Å². The third-order valence-corrected chi connectivity index (χ3v) is 5.34. The van der Waals surface area contributed by atoms with Gasteiger partial charge in [0.25, 0.3) is 11.1 Å². The fraction of sp³-hybridized carbons (Fsp3) is 0.250. The van der Waals surface area contributed by atoms with E-state index in [-0.39, 0.29) is 11.0 Å². The molecule has 0 unspecified atom stereocenters. The fourth-order valence-electron chi connectivity index (χ4n) is 2.68. The molecule has 2 heterocycles. The Morgan fingerprint density at radius 1 is 1.29 bits per heavy atom. The van der Waals surface area contributed by atoms with Crippen LogP contribution in [0.15, 0.2) is 41.4 Å². The summed E-state index contributed by atoms with van der Waals surface area (Å²) in [4.78, 5) is 37.7. The molecule has 1 aromatic carbocycles. The molecule has 2 amide bonds. The zero-order chi connectivity index (χ0) is 20.4. The number of nitrogens with zero attached hydrogens (tertiary/aromatic N) is 2. The molecule has 0 atom stereocenters. The van der Waals surface area contributed by atoms with Crippen molar-refractivity contribution in [1.82, 2.24) is 9.47 Å². The van der Waals surface area contributed by atoms with Crippen LogP contribution < -0.4 is 0 Å². The molecule has 2 aromatic rings. The molecule has 28 heavy (non-hydrogen) atoms. The van der Waals surface area contributed by atoms with E-state index < -0.39 is 23.7 Å². The second-order valence-electron chi connectivity index (χ2n) is 6.54. The second-order valence-corrected chi connectivity index (χ2v) is 7.94. The third kappa shape index (κ3) is 4.31. The minimum atomic E-state index is -0.615. The quantitative estimate of drug-likeness (QED) is 0.530. The Kier molecular flexibility index (Phi) is 5.96. The summed E-state index contributed by atoms with van der Waals surface area (Å²) in [6, 6.07) is 9.34. The average Bonchev–Trinajstić information content (AvgIpc) is 3.17. The molecule has 1 aromatic heterocycles. The van der Waals surface area contributed by atoms with Gasteiger partial charge in [0.2, 0.25) is 0 Å². The summed E-state index contributed by atoms with van der Waals surface area (Å²) in [5.74, 6) is -1.12. The largest absolute Gasteiger partial charge is 0.462 e. The highest BCUT2D eigenvalue weighted by Crippen LogP contribution is 2.33. The molecule has 0 spiro atoms. The van der Waals surface area contributed by atoms with Crippen LogP contribution >= 0.6 is 23.4 Å². The van der Waals surface area contributed by atoms with Gasteiger partial charge >= 0.3 is 5.97 Å². The van der Waals surface area contributed by atoms with Gasteiger partial charge < -0.3 is 9.30 Å². The van der Waals surface area contributed by atoms with E-state index in [1.165, 1.54) is 0 Å². The summed E-state index contributed by atoms with van der Waals surface area (Å²) in [6.07, 6.45) is 3.16. The van der Waals surface area contributed by atoms with Crippen molar-refractivity contribution >= 4 is 46.6 Å². The molecular formula is C20H19ClN2O4S. The molecule has 0 aliphatic carbocycles. The van der Waals surface area contributed by atoms with E-state index in [2.05, 4.69) is 0 Å². The topological polar surface area (TPSA) is 68.6 Å². The first-order valence-corrected chi connectivity index (χ1v) is 9.84. The van der Waals surface area contributed by atoms with Crippen molar-refractivity contribution in [3.63, 3.8) is 0 Å². The number of halogens is 1. The molecule has 3 rings (SSSR count). The molecule has 146 valence electrons. The number of rotatable bonds is 5. The number of hydrogen-bond acceptors (Lipinski definition) is 5. The van der Waals surface area contributed by atoms with Crippen LogP contribution in [0.3, 0.4) is 0 Å². The summed E-state index contributed by atoms with van der Waals surface area (Å²) in [5, 5.41) is 0.148. The Labute approximate surface area is 172 Å². The van der Waals surface area contributed by atoms with Gasteiger partial charge in [0.15, 0.2) is 0 Å². The highest BCUT2D eigenvalue weighted by atomic mass is 35.5. The van der Waals surface area contributed by atoms with Crippen molar-refractivity contribution in [2.24, 2.45) is 0 Å². The number of hydrogen-bond donors (Lipinski definition) is 0. The maximum Gasteiger partial charge on any atom is 0.326 e. The molecule has 6 nitrogen and oxygen atoms in total. The Morgan fingerprint density at radius 2 is 2.04 bits per heavy atom. The van der Waals surface area contributed by atoms with Gasteiger partial charge in [-0.1, -0.05) is 17.7 Å². The number of imide groups is 1. The van der Waals surface area contributed by atoms with E-state index >= 15 is 0 Å². The van der Waals surface area contributed by atoms with Crippen LogP contribution in [0.1, 0.15) is 25.1 Å². The lowest BCUT2D eigenvalue weighted by Crippen LogP contribution is -2.35. The van der Waals surface area contributed by atoms with Gasteiger partial charge in [0.05, 0.1) is 11.0 Å². The van der Waals surface area contributed by atoms with Crippen molar-refractivity contribution < 1.29 is 19.1 Å². The maximum atomic E-state index is 12.6. The average molecular weight is 419 g/mol. The minimum Gasteiger partial charge on any atom is -0.462 e. The van der Waals surface area contributed by atoms with Crippen LogP contribution in [0.2, 0.25) is 5.02 Å². The summed E-state index contributed by atoms with van der Waals surface area (Å²) in [5.41, 5.74) is 2.52. The maximum absolute atomic E-state index is 12.6. The molecule has 0 bridgehead atoms. The molecule has 0 radical (unpaired) electrons. The zero-order valence-electron chi connectivity index (χ0n) is 15.6. The summed E-state index contributed by atoms with van der Waals surface area (Å²) in [7, 11) is 0. The van der Waals surface area contributed by atoms with Crippen molar-refractivity contribution in [2.45, 2.75) is 26.9 Å². The van der Waals surface area contributed by atoms with Crippen molar-refractivity contribution in [2.75, 3.05) is 6.54 Å². The number of carbonyl (C=O) groups excluding carboxylic acids is 3. The van der Waals surface area contributed by atoms with Gasteiger partial charge in [-0.25, -0.2) is 0 Å². The van der Waals surface area contributed by atoms with Crippen LogP contribution in [0, 0.1) is 6.92 Å². The van der Waals surface area contributed by atoms with Crippen molar-refractivity contribution in [3.8, 4) is 5.69 Å². The molecular weight excluding hydrogens is 400 g/mol. The van der Waals surface area contributed by atoms with Gasteiger partial charge in [-0.3, -0.25) is 19.3 Å². The molecule has 8 heteroatoms. The first kappa shape index (κ1) is 20.2. The Balaban J connectivity index is 1.84. The number of aryl methyl sites for hydroxylation is 1. The summed E-state index contributed by atoms with van der Waals surface area (Å²) >= 11 is 7.02. The smallest absolute Gasteiger partial charge is 0.326 e. The number of esters is 1. The number of amides is 2. The van der Waals surface area contributed by atoms with Crippen LogP contribution in [-0.2, 0) is 14.3 Å². The van der Waals surface area contributed by atoms with E-state index in [1.807, 2.05) is 48.0 Å². The predicted molar refractivity (Wildman–Crippen MR) is 109 cm³/mol. The molecule has 1 aliphatic rings. The lowest BCUT2D eigenvalue weighted by atomic mass is 10.2. The summed E-state index contributed by atoms with van der Waals surface area (Å²) < 4.78 is 6.88. The normalized spacial score (nSPS) is 15.8. The Morgan fingerprint density at radius 3 is 2.71 bits per heavy atom. The molecule has 0 saturated carbocycles. The van der Waals surface area contributed by atoms with Crippen LogP contribution in [0.4, 0.5) is 4.79 Å². The van der Waals surface area contributed by atoms with Gasteiger partial charge in [-0.05, 0) is 68.4 Å². The third-order valence-electron chi connectivity index (χ3n) is 4.02. The fourth-order valence-corrected chi connectivity index (χ4v) is 3.68. The number of carbonyl (C=O) groups is 3. The van der Waals surface area contributed by atoms with Crippen LogP contribution in [-0.4, -0.2) is 39.2 Å². The number of ether oxygens (including phenoxy) is 1. The number of aromatic nitrogens is 1. The lowest BCUT2D eigenvalue weighted by molar-refractivity contribution is -0.149. The van der Waals surface area contributed by atoms with E-state index in [4.69, 9.17) is 16.3 Å². The highest BCUT2D eigenvalue weighted by molar-refractivity contribution is 8.18.